The lowest BCUT2D eigenvalue weighted by atomic mass is 10.1. The summed E-state index contributed by atoms with van der Waals surface area (Å²) in [5.74, 6) is -0.574. The van der Waals surface area contributed by atoms with Crippen LogP contribution in [0, 0.1) is 5.82 Å². The minimum atomic E-state index is -0.303. The molecule has 0 aliphatic carbocycles. The highest BCUT2D eigenvalue weighted by Gasteiger charge is 2.06. The number of nitrogens with zero attached hydrogens (tertiary/aromatic N) is 2. The van der Waals surface area contributed by atoms with Crippen molar-refractivity contribution in [1.82, 2.24) is 10.4 Å². The average molecular weight is 356 g/mol. The van der Waals surface area contributed by atoms with E-state index in [-0.39, 0.29) is 18.3 Å². The molecule has 0 bridgehead atoms. The van der Waals surface area contributed by atoms with E-state index in [0.29, 0.717) is 17.3 Å². The minimum Gasteiger partial charge on any atom is -0.352 e. The molecule has 0 spiro atoms. The van der Waals surface area contributed by atoms with Crippen molar-refractivity contribution in [2.75, 3.05) is 11.9 Å². The first-order valence-electron chi connectivity index (χ1n) is 7.86. The molecule has 0 aliphatic heterocycles. The molecule has 2 N–H and O–H groups in total. The largest absolute Gasteiger partial charge is 0.352 e. The third kappa shape index (κ3) is 4.39. The van der Waals surface area contributed by atoms with Crippen LogP contribution in [0.5, 0.6) is 0 Å². The molecule has 0 radical (unpaired) electrons. The molecule has 0 fully saturated rings. The molecule has 3 rings (SSSR count). The molecular weight excluding hydrogens is 339 g/mol. The van der Waals surface area contributed by atoms with Crippen LogP contribution < -0.4 is 10.7 Å². The van der Waals surface area contributed by atoms with E-state index in [1.54, 1.807) is 12.1 Å². The molecule has 1 amide bonds. The van der Waals surface area contributed by atoms with Crippen LogP contribution in [0.1, 0.15) is 18.9 Å². The van der Waals surface area contributed by atoms with Gasteiger partial charge < -0.3 is 5.32 Å². The third-order valence-corrected chi connectivity index (χ3v) is 4.52. The van der Waals surface area contributed by atoms with Crippen LogP contribution in [-0.2, 0) is 4.79 Å². The van der Waals surface area contributed by atoms with Gasteiger partial charge in [0.15, 0.2) is 5.13 Å². The van der Waals surface area contributed by atoms with E-state index in [4.69, 9.17) is 0 Å². The highest BCUT2D eigenvalue weighted by molar-refractivity contribution is 7.22. The molecule has 7 heteroatoms. The van der Waals surface area contributed by atoms with E-state index in [9.17, 15) is 9.18 Å². The van der Waals surface area contributed by atoms with E-state index < -0.39 is 0 Å². The molecule has 0 unspecified atom stereocenters. The summed E-state index contributed by atoms with van der Waals surface area (Å²) in [5, 5.41) is 7.82. The number of aromatic nitrogens is 1. The molecule has 5 nitrogen and oxygen atoms in total. The topological polar surface area (TPSA) is 66.4 Å². The summed E-state index contributed by atoms with van der Waals surface area (Å²) in [4.78, 5) is 16.4. The fourth-order valence-corrected chi connectivity index (χ4v) is 3.12. The fourth-order valence-electron chi connectivity index (χ4n) is 2.26. The van der Waals surface area contributed by atoms with Gasteiger partial charge >= 0.3 is 0 Å². The molecule has 1 aromatic heterocycles. The molecule has 0 atom stereocenters. The van der Waals surface area contributed by atoms with Gasteiger partial charge in [0, 0.05) is 0 Å². The molecular formula is C18H17FN4OS. The highest BCUT2D eigenvalue weighted by atomic mass is 32.1. The Morgan fingerprint density at radius 2 is 1.96 bits per heavy atom. The van der Waals surface area contributed by atoms with Gasteiger partial charge in [-0.25, -0.2) is 14.8 Å². The predicted molar refractivity (Wildman–Crippen MR) is 99.5 cm³/mol. The summed E-state index contributed by atoms with van der Waals surface area (Å²) in [6.07, 6.45) is 0.622. The van der Waals surface area contributed by atoms with Gasteiger partial charge in [-0.3, -0.25) is 4.79 Å². The number of carbonyl (C=O) groups excluding carboxylic acids is 1. The second-order valence-corrected chi connectivity index (χ2v) is 6.32. The van der Waals surface area contributed by atoms with E-state index in [1.165, 1.54) is 23.5 Å². The Morgan fingerprint density at radius 3 is 2.68 bits per heavy atom. The number of rotatable bonds is 6. The van der Waals surface area contributed by atoms with Crippen LogP contribution in [0.4, 0.5) is 9.52 Å². The molecule has 128 valence electrons. The third-order valence-electron chi connectivity index (χ3n) is 3.52. The van der Waals surface area contributed by atoms with Crippen molar-refractivity contribution >= 4 is 38.3 Å². The number of carbonyl (C=O) groups is 1. The van der Waals surface area contributed by atoms with Crippen molar-refractivity contribution in [2.45, 2.75) is 13.3 Å². The molecule has 25 heavy (non-hydrogen) atoms. The van der Waals surface area contributed by atoms with Crippen molar-refractivity contribution in [3.63, 3.8) is 0 Å². The van der Waals surface area contributed by atoms with Gasteiger partial charge in [-0.2, -0.15) is 5.10 Å². The average Bonchev–Trinajstić information content (AvgIpc) is 3.05. The van der Waals surface area contributed by atoms with Crippen LogP contribution in [0.25, 0.3) is 10.2 Å². The van der Waals surface area contributed by atoms with Gasteiger partial charge in [-0.15, -0.1) is 0 Å². The number of amides is 1. The lowest BCUT2D eigenvalue weighted by Gasteiger charge is -2.06. The van der Waals surface area contributed by atoms with Crippen molar-refractivity contribution in [3.8, 4) is 0 Å². The first-order chi connectivity index (χ1) is 12.2. The van der Waals surface area contributed by atoms with Gasteiger partial charge in [-0.05, 0) is 36.2 Å². The zero-order chi connectivity index (χ0) is 17.6. The number of thiazole rings is 1. The van der Waals surface area contributed by atoms with Crippen LogP contribution in [0.2, 0.25) is 0 Å². The van der Waals surface area contributed by atoms with Crippen molar-refractivity contribution in [1.29, 1.82) is 0 Å². The number of hydrogen-bond donors (Lipinski definition) is 2. The monoisotopic (exact) mass is 356 g/mol. The van der Waals surface area contributed by atoms with Crippen molar-refractivity contribution in [2.24, 2.45) is 5.10 Å². The Balaban J connectivity index is 1.58. The molecule has 1 heterocycles. The van der Waals surface area contributed by atoms with Crippen molar-refractivity contribution < 1.29 is 9.18 Å². The number of hydrazone groups is 1. The summed E-state index contributed by atoms with van der Waals surface area (Å²) >= 11 is 1.49. The molecule has 0 aliphatic rings. The Labute approximate surface area is 148 Å². The highest BCUT2D eigenvalue weighted by Crippen LogP contribution is 2.24. The van der Waals surface area contributed by atoms with E-state index in [0.717, 1.165) is 15.8 Å². The molecule has 0 saturated heterocycles. The SMILES string of the molecule is CC/C(=N/NC(=O)CNc1nc2ccccc2s1)c1ccc(F)cc1. The number of hydrogen-bond acceptors (Lipinski definition) is 5. The maximum Gasteiger partial charge on any atom is 0.259 e. The Hall–Kier alpha value is -2.80. The van der Waals surface area contributed by atoms with Crippen LogP contribution in [0.15, 0.2) is 53.6 Å². The normalized spacial score (nSPS) is 11.5. The standard InChI is InChI=1S/C18H17FN4OS/c1-2-14(12-7-9-13(19)10-8-12)22-23-17(24)11-20-18-21-15-5-3-4-6-16(15)25-18/h3-10H,2,11H2,1H3,(H,20,21)(H,23,24)/b22-14-. The summed E-state index contributed by atoms with van der Waals surface area (Å²) in [7, 11) is 0. The van der Waals surface area contributed by atoms with Gasteiger partial charge in [0.2, 0.25) is 0 Å². The summed E-state index contributed by atoms with van der Waals surface area (Å²) in [6.45, 7) is 2.00. The summed E-state index contributed by atoms with van der Waals surface area (Å²) in [6, 6.07) is 13.8. The maximum atomic E-state index is 13.0. The number of benzene rings is 2. The number of fused-ring (bicyclic) bond motifs is 1. The van der Waals surface area contributed by atoms with Gasteiger partial charge in [-0.1, -0.05) is 42.5 Å². The zero-order valence-electron chi connectivity index (χ0n) is 13.6. The molecule has 2 aromatic carbocycles. The van der Waals surface area contributed by atoms with Crippen LogP contribution >= 0.6 is 11.3 Å². The first-order valence-corrected chi connectivity index (χ1v) is 8.68. The van der Waals surface area contributed by atoms with Crippen molar-refractivity contribution in [3.05, 3.63) is 59.9 Å². The minimum absolute atomic E-state index is 0.0731. The smallest absolute Gasteiger partial charge is 0.259 e. The zero-order valence-corrected chi connectivity index (χ0v) is 14.4. The Morgan fingerprint density at radius 1 is 1.20 bits per heavy atom. The van der Waals surface area contributed by atoms with Gasteiger partial charge in [0.1, 0.15) is 5.82 Å². The van der Waals surface area contributed by atoms with E-state index in [1.807, 2.05) is 31.2 Å². The van der Waals surface area contributed by atoms with E-state index >= 15 is 0 Å². The lowest BCUT2D eigenvalue weighted by Crippen LogP contribution is -2.27. The van der Waals surface area contributed by atoms with Crippen LogP contribution in [0.3, 0.4) is 0 Å². The second kappa shape index (κ2) is 7.85. The lowest BCUT2D eigenvalue weighted by molar-refractivity contribution is -0.119. The number of nitrogens with one attached hydrogen (secondary N) is 2. The van der Waals surface area contributed by atoms with Gasteiger partial charge in [0.25, 0.3) is 5.91 Å². The fraction of sp³-hybridized carbons (Fsp3) is 0.167. The molecule has 0 saturated carbocycles. The first kappa shape index (κ1) is 17.0. The molecule has 3 aromatic rings. The maximum absolute atomic E-state index is 13.0. The number of halogens is 1. The number of anilines is 1. The number of para-hydroxylation sites is 1. The second-order valence-electron chi connectivity index (χ2n) is 5.29. The summed E-state index contributed by atoms with van der Waals surface area (Å²) in [5.41, 5.74) is 4.89. The summed E-state index contributed by atoms with van der Waals surface area (Å²) < 4.78 is 14.0. The Bertz CT molecular complexity index is 872. The van der Waals surface area contributed by atoms with Gasteiger partial charge in [0.05, 0.1) is 22.5 Å². The Kier molecular flexibility index (Phi) is 5.35. The quantitative estimate of drug-likeness (QED) is 0.522. The van der Waals surface area contributed by atoms with E-state index in [2.05, 4.69) is 20.8 Å². The van der Waals surface area contributed by atoms with Crippen LogP contribution in [-0.4, -0.2) is 23.1 Å². The predicted octanol–water partition coefficient (Wildman–Crippen LogP) is 3.78.